The molecule has 11 heteroatoms. The standard InChI is InChI=1S/C24H22ClF3N4O.2ClH/c1-13-9-14(29)12-32(11-13)20-7-8-30-10-19(20)31-24(33)15-5-6-18(27)22(23(15)28)21-16(25)3-2-4-17(21)26;;/h2-8,10,13-14H,9,11-12,29H2,1H3,(H,31,33);2*1H/t13-,14+;;/m1../s1. The number of anilines is 2. The SMILES string of the molecule is C[C@@H]1C[C@H](N)CN(c2ccncc2NC(=O)c2ccc(F)c(-c3c(F)cccc3Cl)c2F)C1.Cl.Cl. The third-order valence-corrected chi connectivity index (χ3v) is 5.94. The Morgan fingerprint density at radius 2 is 1.80 bits per heavy atom. The second-order valence-corrected chi connectivity index (χ2v) is 8.64. The normalized spacial score (nSPS) is 17.3. The number of aromatic nitrogens is 1. The lowest BCUT2D eigenvalue weighted by atomic mass is 9.96. The summed E-state index contributed by atoms with van der Waals surface area (Å²) in [6, 6.07) is 7.32. The van der Waals surface area contributed by atoms with Crippen molar-refractivity contribution in [1.82, 2.24) is 4.98 Å². The monoisotopic (exact) mass is 546 g/mol. The second-order valence-electron chi connectivity index (χ2n) is 8.23. The van der Waals surface area contributed by atoms with Gasteiger partial charge in [-0.05, 0) is 42.7 Å². The van der Waals surface area contributed by atoms with Crippen LogP contribution in [-0.4, -0.2) is 30.0 Å². The summed E-state index contributed by atoms with van der Waals surface area (Å²) in [5.74, 6) is -3.62. The molecule has 0 saturated carbocycles. The summed E-state index contributed by atoms with van der Waals surface area (Å²) in [5, 5.41) is 2.48. The summed E-state index contributed by atoms with van der Waals surface area (Å²) in [5.41, 5.74) is 5.61. The molecule has 2 aromatic carbocycles. The van der Waals surface area contributed by atoms with Gasteiger partial charge >= 0.3 is 0 Å². The molecule has 35 heavy (non-hydrogen) atoms. The molecular weight excluding hydrogens is 524 g/mol. The van der Waals surface area contributed by atoms with Crippen LogP contribution in [0.5, 0.6) is 0 Å². The number of pyridine rings is 1. The Morgan fingerprint density at radius 1 is 1.09 bits per heavy atom. The predicted octanol–water partition coefficient (Wildman–Crippen LogP) is 6.09. The molecule has 188 valence electrons. The van der Waals surface area contributed by atoms with E-state index in [9.17, 15) is 13.6 Å². The fourth-order valence-electron chi connectivity index (χ4n) is 4.24. The van der Waals surface area contributed by atoms with Gasteiger partial charge in [-0.3, -0.25) is 9.78 Å². The molecular formula is C24H24Cl3F3N4O. The molecule has 1 aromatic heterocycles. The number of hydrogen-bond donors (Lipinski definition) is 2. The molecule has 1 fully saturated rings. The first-order valence-corrected chi connectivity index (χ1v) is 10.8. The van der Waals surface area contributed by atoms with Gasteiger partial charge in [-0.25, -0.2) is 13.2 Å². The summed E-state index contributed by atoms with van der Waals surface area (Å²) in [6.45, 7) is 3.42. The molecule has 2 atom stereocenters. The summed E-state index contributed by atoms with van der Waals surface area (Å²) in [4.78, 5) is 19.1. The zero-order valence-electron chi connectivity index (χ0n) is 18.6. The Balaban J connectivity index is 0.00000216. The van der Waals surface area contributed by atoms with Gasteiger partial charge in [-0.2, -0.15) is 0 Å². The van der Waals surface area contributed by atoms with Gasteiger partial charge in [0.2, 0.25) is 0 Å². The highest BCUT2D eigenvalue weighted by Gasteiger charge is 2.27. The molecule has 3 N–H and O–H groups in total. The Hall–Kier alpha value is -2.52. The molecule has 5 nitrogen and oxygen atoms in total. The fourth-order valence-corrected chi connectivity index (χ4v) is 4.50. The lowest BCUT2D eigenvalue weighted by Gasteiger charge is -2.37. The molecule has 0 bridgehead atoms. The number of nitrogens with two attached hydrogens (primary N) is 1. The van der Waals surface area contributed by atoms with E-state index in [1.54, 1.807) is 12.3 Å². The van der Waals surface area contributed by atoms with Gasteiger partial charge in [0.15, 0.2) is 0 Å². The maximum atomic E-state index is 15.3. The minimum absolute atomic E-state index is 0. The van der Waals surface area contributed by atoms with E-state index < -0.39 is 40.0 Å². The first-order chi connectivity index (χ1) is 15.8. The van der Waals surface area contributed by atoms with Crippen LogP contribution in [0, 0.1) is 23.4 Å². The zero-order chi connectivity index (χ0) is 23.7. The van der Waals surface area contributed by atoms with Crippen molar-refractivity contribution < 1.29 is 18.0 Å². The van der Waals surface area contributed by atoms with Gasteiger partial charge in [0.1, 0.15) is 17.5 Å². The van der Waals surface area contributed by atoms with Crippen molar-refractivity contribution in [3.63, 3.8) is 0 Å². The van der Waals surface area contributed by atoms with E-state index >= 15 is 4.39 Å². The van der Waals surface area contributed by atoms with Gasteiger partial charge in [-0.15, -0.1) is 24.8 Å². The summed E-state index contributed by atoms with van der Waals surface area (Å²) < 4.78 is 44.2. The third-order valence-electron chi connectivity index (χ3n) is 5.63. The number of piperidine rings is 1. The molecule has 2 heterocycles. The van der Waals surface area contributed by atoms with E-state index in [1.165, 1.54) is 18.3 Å². The van der Waals surface area contributed by atoms with Crippen LogP contribution in [0.25, 0.3) is 11.1 Å². The van der Waals surface area contributed by atoms with E-state index in [4.69, 9.17) is 17.3 Å². The van der Waals surface area contributed by atoms with Crippen LogP contribution in [0.1, 0.15) is 23.7 Å². The number of carbonyl (C=O) groups excluding carboxylic acids is 1. The maximum absolute atomic E-state index is 15.3. The van der Waals surface area contributed by atoms with Gasteiger partial charge in [0, 0.05) is 30.9 Å². The van der Waals surface area contributed by atoms with E-state index in [1.807, 2.05) is 4.90 Å². The lowest BCUT2D eigenvalue weighted by Crippen LogP contribution is -2.46. The van der Waals surface area contributed by atoms with Crippen LogP contribution >= 0.6 is 36.4 Å². The topological polar surface area (TPSA) is 71.2 Å². The fraction of sp³-hybridized carbons (Fsp3) is 0.250. The summed E-state index contributed by atoms with van der Waals surface area (Å²) >= 11 is 6.00. The molecule has 0 radical (unpaired) electrons. The molecule has 1 aliphatic heterocycles. The Morgan fingerprint density at radius 3 is 2.49 bits per heavy atom. The van der Waals surface area contributed by atoms with Crippen molar-refractivity contribution in [3.05, 3.63) is 76.8 Å². The molecule has 0 unspecified atom stereocenters. The molecule has 0 aliphatic carbocycles. The minimum atomic E-state index is -1.21. The minimum Gasteiger partial charge on any atom is -0.368 e. The predicted molar refractivity (Wildman–Crippen MR) is 137 cm³/mol. The second kappa shape index (κ2) is 11.9. The molecule has 1 aliphatic rings. The van der Waals surface area contributed by atoms with Crippen molar-refractivity contribution in [3.8, 4) is 11.1 Å². The smallest absolute Gasteiger partial charge is 0.258 e. The van der Waals surface area contributed by atoms with Gasteiger partial charge in [-0.1, -0.05) is 24.6 Å². The first-order valence-electron chi connectivity index (χ1n) is 10.4. The average molecular weight is 548 g/mol. The van der Waals surface area contributed by atoms with E-state index in [0.717, 1.165) is 31.2 Å². The zero-order valence-corrected chi connectivity index (χ0v) is 21.0. The number of benzene rings is 2. The van der Waals surface area contributed by atoms with Crippen molar-refractivity contribution in [2.45, 2.75) is 19.4 Å². The summed E-state index contributed by atoms with van der Waals surface area (Å²) in [7, 11) is 0. The van der Waals surface area contributed by atoms with Crippen LogP contribution in [-0.2, 0) is 0 Å². The Kier molecular flexibility index (Phi) is 9.80. The summed E-state index contributed by atoms with van der Waals surface area (Å²) in [6.07, 6.45) is 3.94. The molecule has 0 spiro atoms. The average Bonchev–Trinajstić information content (AvgIpc) is 2.75. The van der Waals surface area contributed by atoms with Crippen LogP contribution in [0.2, 0.25) is 5.02 Å². The highest BCUT2D eigenvalue weighted by molar-refractivity contribution is 6.33. The Labute approximate surface area is 218 Å². The van der Waals surface area contributed by atoms with Gasteiger partial charge in [0.25, 0.3) is 5.91 Å². The van der Waals surface area contributed by atoms with Crippen LogP contribution in [0.3, 0.4) is 0 Å². The Bertz CT molecular complexity index is 1180. The highest BCUT2D eigenvalue weighted by Crippen LogP contribution is 2.36. The van der Waals surface area contributed by atoms with Crippen molar-refractivity contribution in [2.75, 3.05) is 23.3 Å². The number of hydrogen-bond acceptors (Lipinski definition) is 4. The van der Waals surface area contributed by atoms with Crippen LogP contribution < -0.4 is 16.0 Å². The van der Waals surface area contributed by atoms with Crippen molar-refractivity contribution in [2.24, 2.45) is 11.7 Å². The number of carbonyl (C=O) groups is 1. The number of nitrogens with one attached hydrogen (secondary N) is 1. The lowest BCUT2D eigenvalue weighted by molar-refractivity contribution is 0.102. The van der Waals surface area contributed by atoms with Crippen LogP contribution in [0.15, 0.2) is 48.8 Å². The molecule has 3 aromatic rings. The number of amides is 1. The van der Waals surface area contributed by atoms with Gasteiger partial charge in [0.05, 0.1) is 33.7 Å². The maximum Gasteiger partial charge on any atom is 0.258 e. The number of nitrogens with zero attached hydrogens (tertiary/aromatic N) is 2. The molecule has 1 amide bonds. The van der Waals surface area contributed by atoms with Crippen LogP contribution in [0.4, 0.5) is 24.5 Å². The molecule has 4 rings (SSSR count). The van der Waals surface area contributed by atoms with E-state index in [0.29, 0.717) is 23.8 Å². The first kappa shape index (κ1) is 28.7. The third kappa shape index (κ3) is 6.01. The van der Waals surface area contributed by atoms with Gasteiger partial charge < -0.3 is 16.0 Å². The van der Waals surface area contributed by atoms with Crippen molar-refractivity contribution in [1.29, 1.82) is 0 Å². The van der Waals surface area contributed by atoms with E-state index in [2.05, 4.69) is 17.2 Å². The van der Waals surface area contributed by atoms with E-state index in [-0.39, 0.29) is 35.9 Å². The quantitative estimate of drug-likeness (QED) is 0.415. The van der Waals surface area contributed by atoms with Crippen molar-refractivity contribution >= 4 is 53.7 Å². The molecule has 1 saturated heterocycles. The number of halogens is 6. The largest absolute Gasteiger partial charge is 0.368 e. The highest BCUT2D eigenvalue weighted by atomic mass is 35.5. The number of rotatable bonds is 4.